The Kier molecular flexibility index (Phi) is 2.41. The fraction of sp³-hybridized carbons (Fsp3) is 0.286. The van der Waals surface area contributed by atoms with E-state index in [1.165, 1.54) is 12.8 Å². The Morgan fingerprint density at radius 2 is 2.18 bits per heavy atom. The average molecular weight is 223 g/mol. The molecule has 0 saturated heterocycles. The summed E-state index contributed by atoms with van der Waals surface area (Å²) in [7, 11) is 0. The summed E-state index contributed by atoms with van der Waals surface area (Å²) in [6.45, 7) is 0.961. The highest BCUT2D eigenvalue weighted by atomic mass is 14.9. The molecule has 84 valence electrons. The molecule has 3 nitrogen and oxygen atoms in total. The fourth-order valence-electron chi connectivity index (χ4n) is 1.98. The van der Waals surface area contributed by atoms with Crippen molar-refractivity contribution in [2.75, 3.05) is 11.9 Å². The zero-order valence-corrected chi connectivity index (χ0v) is 9.48. The van der Waals surface area contributed by atoms with Crippen LogP contribution >= 0.6 is 0 Å². The van der Waals surface area contributed by atoms with Gasteiger partial charge in [0.2, 0.25) is 0 Å². The summed E-state index contributed by atoms with van der Waals surface area (Å²) in [5.74, 6) is 0.786. The number of pyridine rings is 1. The number of anilines is 1. The van der Waals surface area contributed by atoms with Crippen LogP contribution in [0.1, 0.15) is 18.4 Å². The molecule has 1 heterocycles. The van der Waals surface area contributed by atoms with E-state index in [0.717, 1.165) is 29.1 Å². The summed E-state index contributed by atoms with van der Waals surface area (Å²) in [6.07, 6.45) is 4.26. The van der Waals surface area contributed by atoms with E-state index in [2.05, 4.69) is 16.4 Å². The van der Waals surface area contributed by atoms with E-state index in [9.17, 15) is 0 Å². The quantitative estimate of drug-likeness (QED) is 0.870. The van der Waals surface area contributed by atoms with Crippen molar-refractivity contribution in [2.24, 2.45) is 5.92 Å². The first-order chi connectivity index (χ1) is 8.38. The van der Waals surface area contributed by atoms with Gasteiger partial charge in [-0.15, -0.1) is 0 Å². The maximum atomic E-state index is 9.13. The number of rotatable bonds is 3. The largest absolute Gasteiger partial charge is 0.383 e. The number of aromatic nitrogens is 1. The maximum absolute atomic E-state index is 9.13. The van der Waals surface area contributed by atoms with Gasteiger partial charge >= 0.3 is 0 Å². The molecule has 1 fully saturated rings. The zero-order valence-electron chi connectivity index (χ0n) is 9.48. The molecule has 1 aliphatic rings. The molecule has 0 amide bonds. The van der Waals surface area contributed by atoms with Crippen molar-refractivity contribution in [3.05, 3.63) is 36.0 Å². The Bertz CT molecular complexity index is 594. The summed E-state index contributed by atoms with van der Waals surface area (Å²) >= 11 is 0. The standard InChI is InChI=1S/C14H13N3/c15-7-11-9-16-13-4-2-1-3-12(13)14(11)17-8-10-5-6-10/h1-4,9-10H,5-6,8H2,(H,16,17). The smallest absolute Gasteiger partial charge is 0.103 e. The summed E-state index contributed by atoms with van der Waals surface area (Å²) < 4.78 is 0. The van der Waals surface area contributed by atoms with Crippen LogP contribution in [-0.2, 0) is 0 Å². The summed E-state index contributed by atoms with van der Waals surface area (Å²) in [6, 6.07) is 10.1. The molecule has 0 bridgehead atoms. The van der Waals surface area contributed by atoms with Crippen molar-refractivity contribution in [1.29, 1.82) is 5.26 Å². The number of nitriles is 1. The van der Waals surface area contributed by atoms with Crippen LogP contribution in [0.5, 0.6) is 0 Å². The molecule has 2 aromatic rings. The second-order valence-corrected chi connectivity index (χ2v) is 4.50. The van der Waals surface area contributed by atoms with Crippen LogP contribution < -0.4 is 5.32 Å². The molecule has 1 aliphatic carbocycles. The Labute approximate surface area is 100 Å². The molecule has 0 unspecified atom stereocenters. The minimum atomic E-state index is 0.629. The molecule has 1 saturated carbocycles. The number of para-hydroxylation sites is 1. The van der Waals surface area contributed by atoms with Gasteiger partial charge in [0, 0.05) is 18.1 Å². The van der Waals surface area contributed by atoms with Gasteiger partial charge in [-0.1, -0.05) is 18.2 Å². The number of fused-ring (bicyclic) bond motifs is 1. The number of benzene rings is 1. The SMILES string of the molecule is N#Cc1cnc2ccccc2c1NCC1CC1. The molecule has 0 aliphatic heterocycles. The van der Waals surface area contributed by atoms with Gasteiger partial charge in [0.15, 0.2) is 0 Å². The van der Waals surface area contributed by atoms with E-state index in [-0.39, 0.29) is 0 Å². The van der Waals surface area contributed by atoms with E-state index in [1.54, 1.807) is 6.20 Å². The molecule has 1 aromatic carbocycles. The van der Waals surface area contributed by atoms with Crippen LogP contribution in [0.2, 0.25) is 0 Å². The van der Waals surface area contributed by atoms with Gasteiger partial charge in [-0.3, -0.25) is 4.98 Å². The minimum absolute atomic E-state index is 0.629. The van der Waals surface area contributed by atoms with Crippen molar-refractivity contribution < 1.29 is 0 Å². The highest BCUT2D eigenvalue weighted by Crippen LogP contribution is 2.31. The Morgan fingerprint density at radius 3 is 2.94 bits per heavy atom. The molecule has 1 aromatic heterocycles. The van der Waals surface area contributed by atoms with Crippen LogP contribution in [0.15, 0.2) is 30.5 Å². The monoisotopic (exact) mass is 223 g/mol. The van der Waals surface area contributed by atoms with Crippen molar-refractivity contribution >= 4 is 16.6 Å². The molecule has 0 atom stereocenters. The molecule has 3 heteroatoms. The van der Waals surface area contributed by atoms with E-state index in [1.807, 2.05) is 24.3 Å². The number of hydrogen-bond donors (Lipinski definition) is 1. The first kappa shape index (κ1) is 10.1. The van der Waals surface area contributed by atoms with Gasteiger partial charge in [0.05, 0.1) is 16.8 Å². The van der Waals surface area contributed by atoms with Crippen LogP contribution in [0.25, 0.3) is 10.9 Å². The third-order valence-electron chi connectivity index (χ3n) is 3.16. The van der Waals surface area contributed by atoms with Gasteiger partial charge < -0.3 is 5.32 Å². The Hall–Kier alpha value is -2.08. The van der Waals surface area contributed by atoms with Gasteiger partial charge in [0.25, 0.3) is 0 Å². The van der Waals surface area contributed by atoms with Crippen molar-refractivity contribution in [3.63, 3.8) is 0 Å². The van der Waals surface area contributed by atoms with Crippen LogP contribution in [0.3, 0.4) is 0 Å². The predicted molar refractivity (Wildman–Crippen MR) is 67.7 cm³/mol. The number of nitrogens with one attached hydrogen (secondary N) is 1. The summed E-state index contributed by atoms with van der Waals surface area (Å²) in [5.41, 5.74) is 2.50. The molecular weight excluding hydrogens is 210 g/mol. The molecule has 0 spiro atoms. The molecule has 0 radical (unpaired) electrons. The molecular formula is C14H13N3. The van der Waals surface area contributed by atoms with Crippen LogP contribution in [0.4, 0.5) is 5.69 Å². The van der Waals surface area contributed by atoms with Crippen molar-refractivity contribution in [3.8, 4) is 6.07 Å². The predicted octanol–water partition coefficient (Wildman–Crippen LogP) is 2.93. The maximum Gasteiger partial charge on any atom is 0.103 e. The second-order valence-electron chi connectivity index (χ2n) is 4.50. The Morgan fingerprint density at radius 1 is 1.35 bits per heavy atom. The molecule has 17 heavy (non-hydrogen) atoms. The lowest BCUT2D eigenvalue weighted by atomic mass is 10.1. The average Bonchev–Trinajstić information content (AvgIpc) is 3.19. The minimum Gasteiger partial charge on any atom is -0.383 e. The summed E-state index contributed by atoms with van der Waals surface area (Å²) in [4.78, 5) is 4.29. The van der Waals surface area contributed by atoms with Gasteiger partial charge in [-0.25, -0.2) is 0 Å². The topological polar surface area (TPSA) is 48.7 Å². The van der Waals surface area contributed by atoms with E-state index in [0.29, 0.717) is 5.56 Å². The Balaban J connectivity index is 2.06. The highest BCUT2D eigenvalue weighted by Gasteiger charge is 2.21. The molecule has 1 N–H and O–H groups in total. The van der Waals surface area contributed by atoms with E-state index < -0.39 is 0 Å². The first-order valence-corrected chi connectivity index (χ1v) is 5.90. The number of hydrogen-bond acceptors (Lipinski definition) is 3. The lowest BCUT2D eigenvalue weighted by Gasteiger charge is -2.10. The van der Waals surface area contributed by atoms with Gasteiger partial charge in [-0.2, -0.15) is 5.26 Å². The molecule has 3 rings (SSSR count). The number of nitrogens with zero attached hydrogens (tertiary/aromatic N) is 2. The first-order valence-electron chi connectivity index (χ1n) is 5.90. The fourth-order valence-corrected chi connectivity index (χ4v) is 1.98. The van der Waals surface area contributed by atoms with Crippen LogP contribution in [0, 0.1) is 17.2 Å². The van der Waals surface area contributed by atoms with Gasteiger partial charge in [-0.05, 0) is 24.8 Å². The van der Waals surface area contributed by atoms with Crippen molar-refractivity contribution in [1.82, 2.24) is 4.98 Å². The lowest BCUT2D eigenvalue weighted by molar-refractivity contribution is 0.890. The van der Waals surface area contributed by atoms with Crippen molar-refractivity contribution in [2.45, 2.75) is 12.8 Å². The van der Waals surface area contributed by atoms with E-state index >= 15 is 0 Å². The summed E-state index contributed by atoms with van der Waals surface area (Å²) in [5, 5.41) is 13.6. The zero-order chi connectivity index (χ0) is 11.7. The van der Waals surface area contributed by atoms with E-state index in [4.69, 9.17) is 5.26 Å². The van der Waals surface area contributed by atoms with Crippen LogP contribution in [-0.4, -0.2) is 11.5 Å². The third kappa shape index (κ3) is 1.94. The normalized spacial score (nSPS) is 14.5. The lowest BCUT2D eigenvalue weighted by Crippen LogP contribution is -2.05. The second kappa shape index (κ2) is 4.06. The third-order valence-corrected chi connectivity index (χ3v) is 3.16. The highest BCUT2D eigenvalue weighted by molar-refractivity contribution is 5.93. The van der Waals surface area contributed by atoms with Gasteiger partial charge in [0.1, 0.15) is 6.07 Å².